The Morgan fingerprint density at radius 3 is 2.50 bits per heavy atom. The smallest absolute Gasteiger partial charge is 0.337 e. The van der Waals surface area contributed by atoms with Gasteiger partial charge in [0.2, 0.25) is 10.0 Å². The van der Waals surface area contributed by atoms with Crippen LogP contribution in [-0.4, -0.2) is 31.3 Å². The summed E-state index contributed by atoms with van der Waals surface area (Å²) in [6.07, 6.45) is 0. The highest BCUT2D eigenvalue weighted by atomic mass is 35.5. The number of aromatic nitrogens is 2. The van der Waals surface area contributed by atoms with Crippen molar-refractivity contribution in [3.05, 3.63) is 81.6 Å². The summed E-state index contributed by atoms with van der Waals surface area (Å²) >= 11 is 6.11. The van der Waals surface area contributed by atoms with E-state index in [-0.39, 0.29) is 22.0 Å². The first-order chi connectivity index (χ1) is 14.2. The molecule has 1 aromatic heterocycles. The Hall–Kier alpha value is -2.68. The first-order valence-corrected chi connectivity index (χ1v) is 11.0. The van der Waals surface area contributed by atoms with E-state index >= 15 is 0 Å². The second-order valence-electron chi connectivity index (χ2n) is 6.75. The van der Waals surface area contributed by atoms with Gasteiger partial charge in [0.25, 0.3) is 0 Å². The maximum Gasteiger partial charge on any atom is 0.337 e. The van der Waals surface area contributed by atoms with Crippen molar-refractivity contribution >= 4 is 27.6 Å². The van der Waals surface area contributed by atoms with E-state index in [2.05, 4.69) is 14.6 Å². The molecule has 158 valence electrons. The van der Waals surface area contributed by atoms with E-state index < -0.39 is 16.0 Å². The van der Waals surface area contributed by atoms with Crippen LogP contribution in [0.2, 0.25) is 5.02 Å². The topological polar surface area (TPSA) is 90.3 Å². The quantitative estimate of drug-likeness (QED) is 0.560. The van der Waals surface area contributed by atoms with Crippen LogP contribution in [0, 0.1) is 13.8 Å². The highest BCUT2D eigenvalue weighted by molar-refractivity contribution is 7.89. The Kier molecular flexibility index (Phi) is 6.60. The average Bonchev–Trinajstić information content (AvgIpc) is 2.99. The number of ether oxygens (including phenoxy) is 1. The molecule has 0 aliphatic heterocycles. The summed E-state index contributed by atoms with van der Waals surface area (Å²) in [6, 6.07) is 13.8. The molecule has 1 heterocycles. The number of rotatable bonds is 7. The number of hydrogen-bond donors (Lipinski definition) is 1. The van der Waals surface area contributed by atoms with Crippen molar-refractivity contribution in [2.75, 3.05) is 7.11 Å². The molecule has 7 nitrogen and oxygen atoms in total. The number of benzene rings is 2. The van der Waals surface area contributed by atoms with E-state index in [9.17, 15) is 13.2 Å². The fraction of sp³-hybridized carbons (Fsp3) is 0.238. The largest absolute Gasteiger partial charge is 0.465 e. The minimum absolute atomic E-state index is 0.0568. The molecule has 0 aliphatic carbocycles. The first-order valence-electron chi connectivity index (χ1n) is 9.17. The Labute approximate surface area is 180 Å². The normalized spacial score (nSPS) is 11.5. The van der Waals surface area contributed by atoms with Crippen molar-refractivity contribution in [2.45, 2.75) is 31.8 Å². The molecule has 0 amide bonds. The predicted octanol–water partition coefficient (Wildman–Crippen LogP) is 3.47. The molecule has 0 radical (unpaired) electrons. The molecule has 3 aromatic rings. The number of nitrogens with one attached hydrogen (secondary N) is 1. The minimum Gasteiger partial charge on any atom is -0.465 e. The molecule has 0 saturated heterocycles. The zero-order chi connectivity index (χ0) is 21.9. The van der Waals surface area contributed by atoms with Gasteiger partial charge >= 0.3 is 5.97 Å². The number of sulfonamides is 1. The molecule has 0 bridgehead atoms. The van der Waals surface area contributed by atoms with Gasteiger partial charge in [-0.05, 0) is 37.6 Å². The highest BCUT2D eigenvalue weighted by Gasteiger charge is 2.21. The summed E-state index contributed by atoms with van der Waals surface area (Å²) < 4.78 is 34.6. The summed E-state index contributed by atoms with van der Waals surface area (Å²) in [4.78, 5) is 11.5. The van der Waals surface area contributed by atoms with E-state index in [1.165, 1.54) is 25.3 Å². The third-order valence-corrected chi connectivity index (χ3v) is 6.67. The van der Waals surface area contributed by atoms with Gasteiger partial charge in [-0.25, -0.2) is 17.9 Å². The summed E-state index contributed by atoms with van der Waals surface area (Å²) in [6.45, 7) is 4.42. The van der Waals surface area contributed by atoms with Gasteiger partial charge in [0, 0.05) is 17.8 Å². The lowest BCUT2D eigenvalue weighted by Crippen LogP contribution is -2.24. The minimum atomic E-state index is -3.89. The van der Waals surface area contributed by atoms with E-state index in [0.717, 1.165) is 22.5 Å². The molecule has 0 saturated carbocycles. The van der Waals surface area contributed by atoms with Crippen molar-refractivity contribution in [3.63, 3.8) is 0 Å². The molecule has 2 aromatic carbocycles. The lowest BCUT2D eigenvalue weighted by Gasteiger charge is -2.10. The molecule has 0 fully saturated rings. The van der Waals surface area contributed by atoms with E-state index in [1.54, 1.807) is 0 Å². The van der Waals surface area contributed by atoms with Gasteiger partial charge in [0.1, 0.15) is 4.90 Å². The monoisotopic (exact) mass is 447 g/mol. The molecule has 30 heavy (non-hydrogen) atoms. The van der Waals surface area contributed by atoms with Gasteiger partial charge in [-0.3, -0.25) is 4.68 Å². The van der Waals surface area contributed by atoms with Crippen LogP contribution in [0.25, 0.3) is 0 Å². The number of carbonyl (C=O) groups excluding carboxylic acids is 1. The Morgan fingerprint density at radius 1 is 1.17 bits per heavy atom. The van der Waals surface area contributed by atoms with Crippen LogP contribution in [0.1, 0.15) is 32.9 Å². The summed E-state index contributed by atoms with van der Waals surface area (Å²) in [5, 5.41) is 4.48. The van der Waals surface area contributed by atoms with Crippen LogP contribution < -0.4 is 4.72 Å². The van der Waals surface area contributed by atoms with Crippen LogP contribution in [0.4, 0.5) is 0 Å². The Morgan fingerprint density at radius 2 is 1.87 bits per heavy atom. The zero-order valence-electron chi connectivity index (χ0n) is 16.8. The summed E-state index contributed by atoms with van der Waals surface area (Å²) in [5.74, 6) is -0.592. The second kappa shape index (κ2) is 8.99. The Bertz CT molecular complexity index is 1170. The van der Waals surface area contributed by atoms with E-state index in [4.69, 9.17) is 11.6 Å². The maximum atomic E-state index is 12.8. The van der Waals surface area contributed by atoms with Crippen LogP contribution in [-0.2, 0) is 27.8 Å². The number of nitrogens with zero attached hydrogens (tertiary/aromatic N) is 2. The van der Waals surface area contributed by atoms with Gasteiger partial charge < -0.3 is 4.74 Å². The SMILES string of the molecule is COC(=O)c1ccc(S(=O)(=O)NCc2c(C)nn(Cc3ccccc3)c2C)c(Cl)c1. The molecular formula is C21H22ClN3O4S. The third-order valence-electron chi connectivity index (χ3n) is 4.79. The van der Waals surface area contributed by atoms with Crippen molar-refractivity contribution in [1.29, 1.82) is 0 Å². The van der Waals surface area contributed by atoms with Crippen LogP contribution in [0.5, 0.6) is 0 Å². The standard InChI is InChI=1S/C21H22ClN3O4S/c1-14-18(15(2)25(24-14)13-16-7-5-4-6-8-16)12-23-30(27,28)20-10-9-17(11-19(20)22)21(26)29-3/h4-11,23H,12-13H2,1-3H3. The number of carbonyl (C=O) groups is 1. The lowest BCUT2D eigenvalue weighted by molar-refractivity contribution is 0.0600. The number of aryl methyl sites for hydroxylation is 1. The average molecular weight is 448 g/mol. The molecule has 0 atom stereocenters. The van der Waals surface area contributed by atoms with E-state index in [1.807, 2.05) is 48.9 Å². The fourth-order valence-electron chi connectivity index (χ4n) is 3.11. The fourth-order valence-corrected chi connectivity index (χ4v) is 4.65. The lowest BCUT2D eigenvalue weighted by atomic mass is 10.2. The molecule has 0 aliphatic rings. The van der Waals surface area contributed by atoms with Gasteiger partial charge in [0.15, 0.2) is 0 Å². The van der Waals surface area contributed by atoms with Crippen LogP contribution in [0.3, 0.4) is 0 Å². The Balaban J connectivity index is 1.79. The van der Waals surface area contributed by atoms with Crippen molar-refractivity contribution in [2.24, 2.45) is 0 Å². The number of halogens is 1. The van der Waals surface area contributed by atoms with Crippen molar-refractivity contribution < 1.29 is 17.9 Å². The molecule has 9 heteroatoms. The van der Waals surface area contributed by atoms with Gasteiger partial charge in [0.05, 0.1) is 29.9 Å². The second-order valence-corrected chi connectivity index (χ2v) is 8.90. The predicted molar refractivity (Wildman–Crippen MR) is 114 cm³/mol. The number of esters is 1. The van der Waals surface area contributed by atoms with Gasteiger partial charge in [-0.2, -0.15) is 5.10 Å². The maximum absolute atomic E-state index is 12.8. The highest BCUT2D eigenvalue weighted by Crippen LogP contribution is 2.24. The van der Waals surface area contributed by atoms with Crippen molar-refractivity contribution in [3.8, 4) is 0 Å². The first kappa shape index (κ1) is 22.0. The molecular weight excluding hydrogens is 426 g/mol. The molecule has 0 unspecified atom stereocenters. The number of methoxy groups -OCH3 is 1. The zero-order valence-corrected chi connectivity index (χ0v) is 18.4. The van der Waals surface area contributed by atoms with Gasteiger partial charge in [-0.1, -0.05) is 41.9 Å². The van der Waals surface area contributed by atoms with E-state index in [0.29, 0.717) is 6.54 Å². The molecule has 3 rings (SSSR count). The molecule has 0 spiro atoms. The van der Waals surface area contributed by atoms with Crippen LogP contribution in [0.15, 0.2) is 53.4 Å². The van der Waals surface area contributed by atoms with Gasteiger partial charge in [-0.15, -0.1) is 0 Å². The molecule has 1 N–H and O–H groups in total. The van der Waals surface area contributed by atoms with Crippen molar-refractivity contribution in [1.82, 2.24) is 14.5 Å². The third kappa shape index (κ3) is 4.72. The summed E-state index contributed by atoms with van der Waals surface area (Å²) in [5.41, 5.74) is 3.71. The summed E-state index contributed by atoms with van der Waals surface area (Å²) in [7, 11) is -2.65. The number of hydrogen-bond acceptors (Lipinski definition) is 5. The van der Waals surface area contributed by atoms with Crippen LogP contribution >= 0.6 is 11.6 Å².